The average molecular weight is 285 g/mol. The largest absolute Gasteiger partial charge is 0.461 e. The molecule has 1 heterocycles. The fraction of sp³-hybridized carbons (Fsp3) is 0.312. The second-order valence-corrected chi connectivity index (χ2v) is 5.14. The van der Waals surface area contributed by atoms with Crippen molar-refractivity contribution in [3.63, 3.8) is 0 Å². The van der Waals surface area contributed by atoms with Crippen LogP contribution in [0.4, 0.5) is 0 Å². The number of fused-ring (bicyclic) bond motifs is 1. The first-order valence-corrected chi connectivity index (χ1v) is 6.95. The number of nitrogens with zero attached hydrogens (tertiary/aromatic N) is 1. The van der Waals surface area contributed by atoms with E-state index in [2.05, 4.69) is 0 Å². The molecule has 21 heavy (non-hydrogen) atoms. The lowest BCUT2D eigenvalue weighted by Gasteiger charge is -2.10. The summed E-state index contributed by atoms with van der Waals surface area (Å²) in [6.07, 6.45) is 5.15. The highest BCUT2D eigenvalue weighted by molar-refractivity contribution is 6.21. The molecule has 0 radical (unpaired) electrons. The maximum Gasteiger partial charge on any atom is 0.309 e. The number of benzene rings is 1. The molecule has 0 saturated heterocycles. The SMILES string of the molecule is O=C(OC/C=C/CN1C(=O)c2ccccc2C1=O)C1CC1. The first-order valence-electron chi connectivity index (χ1n) is 6.95. The van der Waals surface area contributed by atoms with Crippen molar-refractivity contribution in [2.24, 2.45) is 5.92 Å². The standard InChI is InChI=1S/C16H15NO4/c18-14-12-5-1-2-6-13(12)15(19)17(14)9-3-4-10-21-16(20)11-7-8-11/h1-6,11H,7-10H2/b4-3+. The summed E-state index contributed by atoms with van der Waals surface area (Å²) in [4.78, 5) is 36.6. The summed E-state index contributed by atoms with van der Waals surface area (Å²) in [5, 5.41) is 0. The lowest BCUT2D eigenvalue weighted by molar-refractivity contribution is -0.143. The minimum absolute atomic E-state index is 0.0784. The fourth-order valence-corrected chi connectivity index (χ4v) is 2.22. The maximum atomic E-state index is 12.1. The van der Waals surface area contributed by atoms with Gasteiger partial charge in [0.2, 0.25) is 0 Å². The first-order chi connectivity index (χ1) is 10.2. The Hall–Kier alpha value is -2.43. The Morgan fingerprint density at radius 2 is 1.76 bits per heavy atom. The third-order valence-electron chi connectivity index (χ3n) is 3.57. The predicted molar refractivity (Wildman–Crippen MR) is 74.6 cm³/mol. The van der Waals surface area contributed by atoms with Crippen molar-refractivity contribution in [1.29, 1.82) is 0 Å². The molecule has 5 nitrogen and oxygen atoms in total. The lowest BCUT2D eigenvalue weighted by Crippen LogP contribution is -2.29. The molecule has 0 unspecified atom stereocenters. The summed E-state index contributed by atoms with van der Waals surface area (Å²) in [5.41, 5.74) is 0.882. The molecule has 1 aromatic rings. The Bertz CT molecular complexity index is 596. The number of ether oxygens (including phenoxy) is 1. The molecule has 0 N–H and O–H groups in total. The fourth-order valence-electron chi connectivity index (χ4n) is 2.22. The van der Waals surface area contributed by atoms with E-state index in [0.29, 0.717) is 11.1 Å². The van der Waals surface area contributed by atoms with Crippen LogP contribution in [-0.2, 0) is 9.53 Å². The third-order valence-corrected chi connectivity index (χ3v) is 3.57. The highest BCUT2D eigenvalue weighted by Gasteiger charge is 2.34. The van der Waals surface area contributed by atoms with E-state index in [1.165, 1.54) is 4.90 Å². The molecule has 2 aliphatic rings. The molecule has 0 spiro atoms. The number of imide groups is 1. The van der Waals surface area contributed by atoms with Gasteiger partial charge in [-0.15, -0.1) is 0 Å². The van der Waals surface area contributed by atoms with Crippen LogP contribution in [0.3, 0.4) is 0 Å². The van der Waals surface area contributed by atoms with Crippen LogP contribution in [-0.4, -0.2) is 35.8 Å². The molecular formula is C16H15NO4. The normalized spacial score (nSPS) is 17.4. The minimum atomic E-state index is -0.282. The van der Waals surface area contributed by atoms with E-state index in [4.69, 9.17) is 4.74 Å². The van der Waals surface area contributed by atoms with Crippen LogP contribution < -0.4 is 0 Å². The van der Waals surface area contributed by atoms with Crippen LogP contribution >= 0.6 is 0 Å². The van der Waals surface area contributed by atoms with Crippen molar-refractivity contribution in [2.45, 2.75) is 12.8 Å². The van der Waals surface area contributed by atoms with Gasteiger partial charge in [0.25, 0.3) is 11.8 Å². The van der Waals surface area contributed by atoms with Crippen LogP contribution in [0.15, 0.2) is 36.4 Å². The van der Waals surface area contributed by atoms with Crippen LogP contribution in [0.25, 0.3) is 0 Å². The van der Waals surface area contributed by atoms with E-state index >= 15 is 0 Å². The molecule has 0 bridgehead atoms. The number of rotatable bonds is 5. The molecule has 0 aromatic heterocycles. The van der Waals surface area contributed by atoms with Gasteiger partial charge in [0, 0.05) is 6.54 Å². The quantitative estimate of drug-likeness (QED) is 0.470. The maximum absolute atomic E-state index is 12.1. The number of hydrogen-bond donors (Lipinski definition) is 0. The number of carbonyl (C=O) groups is 3. The average Bonchev–Trinajstić information content (AvgIpc) is 3.31. The molecule has 1 aliphatic carbocycles. The smallest absolute Gasteiger partial charge is 0.309 e. The molecule has 1 aromatic carbocycles. The highest BCUT2D eigenvalue weighted by Crippen LogP contribution is 2.30. The lowest BCUT2D eigenvalue weighted by atomic mass is 10.1. The highest BCUT2D eigenvalue weighted by atomic mass is 16.5. The molecule has 1 saturated carbocycles. The molecule has 0 atom stereocenters. The van der Waals surface area contributed by atoms with Gasteiger partial charge < -0.3 is 4.74 Å². The van der Waals surface area contributed by atoms with Crippen molar-refractivity contribution in [3.8, 4) is 0 Å². The van der Waals surface area contributed by atoms with Crippen LogP contribution in [0, 0.1) is 5.92 Å². The summed E-state index contributed by atoms with van der Waals surface area (Å²) >= 11 is 0. The molecule has 108 valence electrons. The zero-order chi connectivity index (χ0) is 14.8. The Kier molecular flexibility index (Phi) is 3.56. The van der Waals surface area contributed by atoms with Crippen LogP contribution in [0.5, 0.6) is 0 Å². The Morgan fingerprint density at radius 1 is 1.14 bits per heavy atom. The summed E-state index contributed by atoms with van der Waals surface area (Å²) < 4.78 is 5.03. The van der Waals surface area contributed by atoms with Gasteiger partial charge in [-0.25, -0.2) is 0 Å². The van der Waals surface area contributed by atoms with Gasteiger partial charge in [0.1, 0.15) is 6.61 Å². The van der Waals surface area contributed by atoms with Crippen molar-refractivity contribution in [3.05, 3.63) is 47.5 Å². The molecule has 2 amide bonds. The number of carbonyl (C=O) groups excluding carboxylic acids is 3. The second-order valence-electron chi connectivity index (χ2n) is 5.14. The molecule has 3 rings (SSSR count). The van der Waals surface area contributed by atoms with E-state index < -0.39 is 0 Å². The van der Waals surface area contributed by atoms with Gasteiger partial charge >= 0.3 is 5.97 Å². The van der Waals surface area contributed by atoms with Crippen molar-refractivity contribution >= 4 is 17.8 Å². The van der Waals surface area contributed by atoms with Gasteiger partial charge in [-0.2, -0.15) is 0 Å². The minimum Gasteiger partial charge on any atom is -0.461 e. The van der Waals surface area contributed by atoms with E-state index in [-0.39, 0.29) is 36.9 Å². The Balaban J connectivity index is 1.53. The third kappa shape index (κ3) is 2.72. The monoisotopic (exact) mass is 285 g/mol. The van der Waals surface area contributed by atoms with E-state index in [1.54, 1.807) is 36.4 Å². The summed E-state index contributed by atoms with van der Waals surface area (Å²) in [7, 11) is 0. The number of esters is 1. The predicted octanol–water partition coefficient (Wildman–Crippen LogP) is 1.79. The molecule has 1 fully saturated rings. The van der Waals surface area contributed by atoms with Gasteiger partial charge in [-0.1, -0.05) is 18.2 Å². The second kappa shape index (κ2) is 5.52. The van der Waals surface area contributed by atoms with E-state index in [9.17, 15) is 14.4 Å². The van der Waals surface area contributed by atoms with Crippen molar-refractivity contribution in [2.75, 3.05) is 13.2 Å². The number of hydrogen-bond acceptors (Lipinski definition) is 4. The molecular weight excluding hydrogens is 270 g/mol. The van der Waals surface area contributed by atoms with Crippen molar-refractivity contribution < 1.29 is 19.1 Å². The molecule has 5 heteroatoms. The zero-order valence-electron chi connectivity index (χ0n) is 11.5. The topological polar surface area (TPSA) is 63.7 Å². The van der Waals surface area contributed by atoms with E-state index in [0.717, 1.165) is 12.8 Å². The first kappa shape index (κ1) is 13.5. The van der Waals surface area contributed by atoms with Gasteiger partial charge in [0.15, 0.2) is 0 Å². The van der Waals surface area contributed by atoms with Gasteiger partial charge in [0.05, 0.1) is 17.0 Å². The summed E-state index contributed by atoms with van der Waals surface area (Å²) in [5.74, 6) is -0.652. The number of amides is 2. The van der Waals surface area contributed by atoms with Crippen molar-refractivity contribution in [1.82, 2.24) is 4.90 Å². The van der Waals surface area contributed by atoms with Crippen LogP contribution in [0.2, 0.25) is 0 Å². The Labute approximate surface area is 122 Å². The Morgan fingerprint density at radius 3 is 2.33 bits per heavy atom. The summed E-state index contributed by atoms with van der Waals surface area (Å²) in [6, 6.07) is 6.77. The summed E-state index contributed by atoms with van der Waals surface area (Å²) in [6.45, 7) is 0.367. The zero-order valence-corrected chi connectivity index (χ0v) is 11.5. The van der Waals surface area contributed by atoms with Gasteiger partial charge in [-0.05, 0) is 31.1 Å². The van der Waals surface area contributed by atoms with Crippen LogP contribution in [0.1, 0.15) is 33.6 Å². The van der Waals surface area contributed by atoms with E-state index in [1.807, 2.05) is 0 Å². The van der Waals surface area contributed by atoms with Gasteiger partial charge in [-0.3, -0.25) is 19.3 Å². The molecule has 1 aliphatic heterocycles.